The minimum atomic E-state index is -5.07. The van der Waals surface area contributed by atoms with Crippen LogP contribution in [0.25, 0.3) is 10.8 Å². The predicted octanol–water partition coefficient (Wildman–Crippen LogP) is 1.91. The number of nitrogens with zero attached hydrogens (tertiary/aromatic N) is 5. The normalized spacial score (nSPS) is 11.9. The van der Waals surface area contributed by atoms with E-state index in [0.717, 1.165) is 24.3 Å². The van der Waals surface area contributed by atoms with Gasteiger partial charge in [-0.2, -0.15) is 18.6 Å². The monoisotopic (exact) mass is 832 g/mol. The number of hydrogen-bond donors (Lipinski definition) is 1. The maximum absolute atomic E-state index is 12.5. The maximum atomic E-state index is 12.5. The van der Waals surface area contributed by atoms with Crippen LogP contribution in [0, 0.1) is 10.1 Å². The van der Waals surface area contributed by atoms with Gasteiger partial charge in [0.1, 0.15) is 30.9 Å². The second kappa shape index (κ2) is 18.2. The molecule has 0 radical (unpaired) electrons. The molecule has 0 bridgehead atoms. The van der Waals surface area contributed by atoms with Crippen molar-refractivity contribution in [1.82, 2.24) is 0 Å². The van der Waals surface area contributed by atoms with Crippen molar-refractivity contribution in [1.29, 1.82) is 0 Å². The van der Waals surface area contributed by atoms with Crippen LogP contribution in [0.4, 0.5) is 39.8 Å². The van der Waals surface area contributed by atoms with Crippen molar-refractivity contribution in [2.45, 2.75) is 14.7 Å². The summed E-state index contributed by atoms with van der Waals surface area (Å²) in [5, 5.41) is 31.2. The number of fused-ring (bicyclic) bond motifs is 1. The van der Waals surface area contributed by atoms with Crippen LogP contribution in [0.3, 0.4) is 0 Å². The van der Waals surface area contributed by atoms with Crippen molar-refractivity contribution in [3.63, 3.8) is 0 Å². The van der Waals surface area contributed by atoms with Gasteiger partial charge in [-0.1, -0.05) is 24.3 Å². The number of anilines is 2. The first-order chi connectivity index (χ1) is 25.6. The molecular weight excluding hydrogens is 811 g/mol. The van der Waals surface area contributed by atoms with Gasteiger partial charge in [-0.3, -0.25) is 10.1 Å². The quantitative estimate of drug-likeness (QED) is 0.0463. The van der Waals surface area contributed by atoms with Gasteiger partial charge in [0, 0.05) is 28.6 Å². The molecule has 56 heavy (non-hydrogen) atoms. The summed E-state index contributed by atoms with van der Waals surface area (Å²) in [6.07, 6.45) is 0. The van der Waals surface area contributed by atoms with Crippen LogP contribution < -0.4 is 68.6 Å². The molecule has 0 spiro atoms. The zero-order valence-corrected chi connectivity index (χ0v) is 35.5. The minimum Gasteiger partial charge on any atom is -0.744 e. The Balaban J connectivity index is 0.00000348. The van der Waals surface area contributed by atoms with Crippen molar-refractivity contribution < 1.29 is 103 Å². The molecule has 0 fully saturated rings. The Morgan fingerprint density at radius 3 is 1.70 bits per heavy atom. The van der Waals surface area contributed by atoms with Crippen LogP contribution in [0.1, 0.15) is 0 Å². The first-order valence-corrected chi connectivity index (χ1v) is 19.4. The Hall–Kier alpha value is -4.45. The van der Waals surface area contributed by atoms with E-state index in [9.17, 15) is 44.5 Å². The Morgan fingerprint density at radius 2 is 1.14 bits per heavy atom. The van der Waals surface area contributed by atoms with E-state index in [1.807, 2.05) is 0 Å². The SMILES string of the molecule is O=[N+]([O-])c1ccc(Nc2ccc(N=Nc3ccc(N=Nc4ccc(OS(=O)(=O)c5ccccc5)cc4)c4ccc(S(=O)(=O)[O-])cc34)cc2)c(S(=O)(=O)[O-])c1.[Na+].[Na+]. The number of hydrogen-bond acceptors (Lipinski definition) is 16. The summed E-state index contributed by atoms with van der Waals surface area (Å²) in [6.45, 7) is 0. The van der Waals surface area contributed by atoms with Crippen molar-refractivity contribution in [2.75, 3.05) is 5.32 Å². The molecule has 0 saturated heterocycles. The first-order valence-electron chi connectivity index (χ1n) is 15.1. The van der Waals surface area contributed by atoms with Crippen LogP contribution >= 0.6 is 0 Å². The maximum Gasteiger partial charge on any atom is 1.00 e. The minimum absolute atomic E-state index is 0. The summed E-state index contributed by atoms with van der Waals surface area (Å²) >= 11 is 0. The first kappa shape index (κ1) is 44.3. The summed E-state index contributed by atoms with van der Waals surface area (Å²) in [6, 6.07) is 28.7. The van der Waals surface area contributed by atoms with Gasteiger partial charge in [-0.05, 0) is 91.0 Å². The topological polar surface area (TPSA) is 262 Å². The summed E-state index contributed by atoms with van der Waals surface area (Å²) in [5.74, 6) is 0.0450. The standard InChI is InChI=1S/C34H24N6O11S3.2Na/c41-40(42)25-12-17-33(34(20-25)53(46,47)48)35-22-6-8-23(9-7-22)36-39-32-19-18-31(29-16-15-28(21-30(29)32)52(43,44)45)38-37-24-10-13-26(14-11-24)51-54(49,50)27-4-2-1-3-5-27;;/h1-21,35H,(H,43,44,45)(H,46,47,48);;/q;2*+1/p-2. The average Bonchev–Trinajstić information content (AvgIpc) is 3.13. The second-order valence-corrected chi connectivity index (χ2v) is 15.3. The van der Waals surface area contributed by atoms with Gasteiger partial charge in [0.05, 0.1) is 43.2 Å². The number of non-ortho nitro benzene ring substituents is 1. The van der Waals surface area contributed by atoms with Crippen molar-refractivity contribution in [3.8, 4) is 5.75 Å². The van der Waals surface area contributed by atoms with Gasteiger partial charge in [0.25, 0.3) is 5.69 Å². The number of benzene rings is 6. The van der Waals surface area contributed by atoms with Gasteiger partial charge in [0.15, 0.2) is 0 Å². The van der Waals surface area contributed by atoms with E-state index in [0.29, 0.717) is 22.8 Å². The average molecular weight is 833 g/mol. The fraction of sp³-hybridized carbons (Fsp3) is 0. The zero-order valence-electron chi connectivity index (χ0n) is 29.1. The van der Waals surface area contributed by atoms with E-state index in [4.69, 9.17) is 4.18 Å². The zero-order chi connectivity index (χ0) is 38.7. The van der Waals surface area contributed by atoms with E-state index in [1.54, 1.807) is 18.2 Å². The van der Waals surface area contributed by atoms with Gasteiger partial charge < -0.3 is 18.6 Å². The molecule has 0 aliphatic rings. The van der Waals surface area contributed by atoms with Crippen molar-refractivity contribution in [3.05, 3.63) is 138 Å². The summed E-state index contributed by atoms with van der Waals surface area (Å²) in [4.78, 5) is 8.88. The summed E-state index contributed by atoms with van der Waals surface area (Å²) in [5.41, 5.74) is 0.588. The number of nitro benzene ring substituents is 1. The second-order valence-electron chi connectivity index (χ2n) is 11.1. The number of azo groups is 2. The molecule has 0 aliphatic carbocycles. The largest absolute Gasteiger partial charge is 1.00 e. The van der Waals surface area contributed by atoms with Crippen molar-refractivity contribution >= 4 is 80.9 Å². The van der Waals surface area contributed by atoms with Crippen LogP contribution in [-0.2, 0) is 30.4 Å². The van der Waals surface area contributed by atoms with E-state index < -0.39 is 50.8 Å². The fourth-order valence-corrected chi connectivity index (χ4v) is 6.98. The molecule has 22 heteroatoms. The molecular formula is C34H22N6Na2O11S3. The molecule has 17 nitrogen and oxygen atoms in total. The molecule has 6 aromatic carbocycles. The third-order valence-electron chi connectivity index (χ3n) is 7.44. The molecule has 0 atom stereocenters. The molecule has 0 amide bonds. The molecule has 6 aromatic rings. The molecule has 0 aromatic heterocycles. The number of nitrogens with one attached hydrogen (secondary N) is 1. The van der Waals surface area contributed by atoms with E-state index in [-0.39, 0.29) is 97.9 Å². The Labute approximate surface area is 363 Å². The van der Waals surface area contributed by atoms with E-state index in [1.165, 1.54) is 78.9 Å². The third kappa shape index (κ3) is 10.9. The van der Waals surface area contributed by atoms with Crippen LogP contribution in [0.15, 0.2) is 163 Å². The van der Waals surface area contributed by atoms with Gasteiger partial charge in [-0.25, -0.2) is 16.8 Å². The molecule has 1 N–H and O–H groups in total. The molecule has 274 valence electrons. The molecule has 6 rings (SSSR count). The van der Waals surface area contributed by atoms with E-state index >= 15 is 0 Å². The van der Waals surface area contributed by atoms with Crippen LogP contribution in [-0.4, -0.2) is 39.3 Å². The molecule has 0 heterocycles. The van der Waals surface area contributed by atoms with Gasteiger partial charge in [-0.15, -0.1) is 10.2 Å². The third-order valence-corrected chi connectivity index (χ3v) is 10.4. The fourth-order valence-electron chi connectivity index (χ4n) is 4.88. The van der Waals surface area contributed by atoms with Crippen LogP contribution in [0.5, 0.6) is 5.75 Å². The van der Waals surface area contributed by atoms with Gasteiger partial charge in [0.2, 0.25) is 0 Å². The van der Waals surface area contributed by atoms with Gasteiger partial charge >= 0.3 is 69.2 Å². The number of nitro groups is 1. The number of rotatable bonds is 12. The predicted molar refractivity (Wildman–Crippen MR) is 192 cm³/mol. The smallest absolute Gasteiger partial charge is 0.744 e. The summed E-state index contributed by atoms with van der Waals surface area (Å²) in [7, 11) is -14.0. The summed E-state index contributed by atoms with van der Waals surface area (Å²) < 4.78 is 101. The Kier molecular flexibility index (Phi) is 14.4. The Bertz CT molecular complexity index is 2810. The van der Waals surface area contributed by atoms with E-state index in [2.05, 4.69) is 25.8 Å². The molecule has 0 aliphatic heterocycles. The Morgan fingerprint density at radius 1 is 0.571 bits per heavy atom. The van der Waals surface area contributed by atoms with Crippen molar-refractivity contribution in [2.24, 2.45) is 20.5 Å². The molecule has 0 unspecified atom stereocenters. The molecule has 0 saturated carbocycles. The van der Waals surface area contributed by atoms with Crippen LogP contribution in [0.2, 0.25) is 0 Å².